The molecule has 15 heavy (non-hydrogen) atoms. The molecule has 2 heteroatoms. The molecule has 1 N–H and O–H groups in total. The van der Waals surface area contributed by atoms with Crippen LogP contribution in [0, 0.1) is 5.92 Å². The Kier molecular flexibility index (Phi) is 4.63. The van der Waals surface area contributed by atoms with Gasteiger partial charge in [-0.25, -0.2) is 0 Å². The van der Waals surface area contributed by atoms with Crippen molar-refractivity contribution in [3.8, 4) is 5.75 Å². The number of aliphatic hydroxyl groups excluding tert-OH is 1. The third-order valence-corrected chi connectivity index (χ3v) is 2.82. The van der Waals surface area contributed by atoms with Gasteiger partial charge < -0.3 is 9.84 Å². The van der Waals surface area contributed by atoms with Crippen LogP contribution in [0.3, 0.4) is 0 Å². The molecule has 0 radical (unpaired) electrons. The number of aliphatic hydroxyl groups is 1. The lowest BCUT2D eigenvalue weighted by Crippen LogP contribution is -2.05. The predicted molar refractivity (Wildman–Crippen MR) is 62.0 cm³/mol. The molecule has 0 aliphatic carbocycles. The lowest BCUT2D eigenvalue weighted by Gasteiger charge is -2.17. The summed E-state index contributed by atoms with van der Waals surface area (Å²) in [5.74, 6) is 1.30. The first-order valence-corrected chi connectivity index (χ1v) is 5.50. The van der Waals surface area contributed by atoms with E-state index in [1.807, 2.05) is 24.3 Å². The van der Waals surface area contributed by atoms with Crippen molar-refractivity contribution in [1.29, 1.82) is 0 Å². The second-order valence-corrected chi connectivity index (χ2v) is 4.01. The normalized spacial score (nSPS) is 14.7. The van der Waals surface area contributed by atoms with E-state index in [-0.39, 0.29) is 0 Å². The SMILES string of the molecule is CCC(C)CC(O)c1ccccc1OC. The van der Waals surface area contributed by atoms with E-state index in [9.17, 15) is 5.11 Å². The first-order valence-electron chi connectivity index (χ1n) is 5.50. The zero-order valence-corrected chi connectivity index (χ0v) is 9.73. The van der Waals surface area contributed by atoms with Crippen LogP contribution in [0.15, 0.2) is 24.3 Å². The number of ether oxygens (including phenoxy) is 1. The highest BCUT2D eigenvalue weighted by molar-refractivity contribution is 5.34. The Bertz CT molecular complexity index is 296. The maximum Gasteiger partial charge on any atom is 0.124 e. The molecule has 1 rings (SSSR count). The van der Waals surface area contributed by atoms with Crippen molar-refractivity contribution >= 4 is 0 Å². The lowest BCUT2D eigenvalue weighted by atomic mass is 9.96. The first-order chi connectivity index (χ1) is 7.19. The van der Waals surface area contributed by atoms with Crippen molar-refractivity contribution in [3.05, 3.63) is 29.8 Å². The Balaban J connectivity index is 2.76. The van der Waals surface area contributed by atoms with Crippen LogP contribution in [-0.4, -0.2) is 12.2 Å². The van der Waals surface area contributed by atoms with Crippen molar-refractivity contribution in [2.45, 2.75) is 32.8 Å². The molecule has 0 saturated carbocycles. The van der Waals surface area contributed by atoms with E-state index in [1.165, 1.54) is 0 Å². The fourth-order valence-electron chi connectivity index (χ4n) is 1.62. The van der Waals surface area contributed by atoms with Gasteiger partial charge in [-0.3, -0.25) is 0 Å². The molecule has 0 aliphatic heterocycles. The second-order valence-electron chi connectivity index (χ2n) is 4.01. The lowest BCUT2D eigenvalue weighted by molar-refractivity contribution is 0.143. The minimum atomic E-state index is -0.420. The standard InChI is InChI=1S/C13H20O2/c1-4-10(2)9-12(14)11-7-5-6-8-13(11)15-3/h5-8,10,12,14H,4,9H2,1-3H3. The van der Waals surface area contributed by atoms with Gasteiger partial charge in [0.05, 0.1) is 13.2 Å². The predicted octanol–water partition coefficient (Wildman–Crippen LogP) is 3.16. The van der Waals surface area contributed by atoms with Gasteiger partial charge in [-0.1, -0.05) is 38.5 Å². The van der Waals surface area contributed by atoms with Gasteiger partial charge >= 0.3 is 0 Å². The van der Waals surface area contributed by atoms with Crippen molar-refractivity contribution < 1.29 is 9.84 Å². The Labute approximate surface area is 91.9 Å². The summed E-state index contributed by atoms with van der Waals surface area (Å²) in [6.45, 7) is 4.29. The van der Waals surface area contributed by atoms with E-state index in [4.69, 9.17) is 4.74 Å². The molecule has 2 unspecified atom stereocenters. The number of benzene rings is 1. The minimum Gasteiger partial charge on any atom is -0.496 e. The fourth-order valence-corrected chi connectivity index (χ4v) is 1.62. The van der Waals surface area contributed by atoms with Crippen LogP contribution >= 0.6 is 0 Å². The highest BCUT2D eigenvalue weighted by Gasteiger charge is 2.14. The highest BCUT2D eigenvalue weighted by atomic mass is 16.5. The number of rotatable bonds is 5. The summed E-state index contributed by atoms with van der Waals surface area (Å²) >= 11 is 0. The second kappa shape index (κ2) is 5.76. The first kappa shape index (κ1) is 12.1. The molecular formula is C13H20O2. The van der Waals surface area contributed by atoms with E-state index in [2.05, 4.69) is 13.8 Å². The number of methoxy groups -OCH3 is 1. The van der Waals surface area contributed by atoms with Crippen molar-refractivity contribution in [2.24, 2.45) is 5.92 Å². The Morgan fingerprint density at radius 1 is 1.33 bits per heavy atom. The van der Waals surface area contributed by atoms with Gasteiger partial charge in [-0.05, 0) is 18.4 Å². The summed E-state index contributed by atoms with van der Waals surface area (Å²) in [5, 5.41) is 10.1. The molecule has 2 nitrogen and oxygen atoms in total. The van der Waals surface area contributed by atoms with Crippen LogP contribution in [0.5, 0.6) is 5.75 Å². The molecule has 0 bridgehead atoms. The van der Waals surface area contributed by atoms with Gasteiger partial charge in [0.2, 0.25) is 0 Å². The van der Waals surface area contributed by atoms with Crippen molar-refractivity contribution in [2.75, 3.05) is 7.11 Å². The van der Waals surface area contributed by atoms with Gasteiger partial charge in [-0.15, -0.1) is 0 Å². The Morgan fingerprint density at radius 2 is 2.00 bits per heavy atom. The van der Waals surface area contributed by atoms with Crippen LogP contribution in [0.4, 0.5) is 0 Å². The van der Waals surface area contributed by atoms with Crippen molar-refractivity contribution in [1.82, 2.24) is 0 Å². The summed E-state index contributed by atoms with van der Waals surface area (Å²) in [7, 11) is 1.63. The zero-order chi connectivity index (χ0) is 11.3. The van der Waals surface area contributed by atoms with Gasteiger partial charge in [0, 0.05) is 5.56 Å². The highest BCUT2D eigenvalue weighted by Crippen LogP contribution is 2.29. The molecule has 2 atom stereocenters. The van der Waals surface area contributed by atoms with E-state index >= 15 is 0 Å². The molecule has 1 aromatic rings. The molecule has 1 aromatic carbocycles. The molecule has 84 valence electrons. The summed E-state index contributed by atoms with van der Waals surface area (Å²) in [6, 6.07) is 7.65. The molecule has 0 aliphatic rings. The largest absolute Gasteiger partial charge is 0.496 e. The average molecular weight is 208 g/mol. The van der Waals surface area contributed by atoms with Crippen LogP contribution in [0.1, 0.15) is 38.4 Å². The van der Waals surface area contributed by atoms with Gasteiger partial charge in [0.1, 0.15) is 5.75 Å². The summed E-state index contributed by atoms with van der Waals surface area (Å²) in [6.07, 6.45) is 1.46. The van der Waals surface area contributed by atoms with Gasteiger partial charge in [0.25, 0.3) is 0 Å². The van der Waals surface area contributed by atoms with Crippen molar-refractivity contribution in [3.63, 3.8) is 0 Å². The molecule has 0 amide bonds. The third-order valence-electron chi connectivity index (χ3n) is 2.82. The zero-order valence-electron chi connectivity index (χ0n) is 9.73. The van der Waals surface area contributed by atoms with Gasteiger partial charge in [0.15, 0.2) is 0 Å². The van der Waals surface area contributed by atoms with Crippen LogP contribution in [-0.2, 0) is 0 Å². The van der Waals surface area contributed by atoms with E-state index < -0.39 is 6.10 Å². The van der Waals surface area contributed by atoms with E-state index in [0.717, 1.165) is 24.2 Å². The molecule has 0 heterocycles. The van der Waals surface area contributed by atoms with E-state index in [0.29, 0.717) is 5.92 Å². The average Bonchev–Trinajstić information content (AvgIpc) is 2.28. The summed E-state index contributed by atoms with van der Waals surface area (Å²) in [4.78, 5) is 0. The third kappa shape index (κ3) is 3.24. The molecule has 0 fully saturated rings. The maximum absolute atomic E-state index is 10.1. The summed E-state index contributed by atoms with van der Waals surface area (Å²) in [5.41, 5.74) is 0.889. The Hall–Kier alpha value is -1.02. The fraction of sp³-hybridized carbons (Fsp3) is 0.538. The van der Waals surface area contributed by atoms with E-state index in [1.54, 1.807) is 7.11 Å². The monoisotopic (exact) mass is 208 g/mol. The van der Waals surface area contributed by atoms with Gasteiger partial charge in [-0.2, -0.15) is 0 Å². The quantitative estimate of drug-likeness (QED) is 0.805. The van der Waals surface area contributed by atoms with Crippen LogP contribution < -0.4 is 4.74 Å². The molecule has 0 aromatic heterocycles. The van der Waals surface area contributed by atoms with Crippen LogP contribution in [0.25, 0.3) is 0 Å². The molecular weight excluding hydrogens is 188 g/mol. The van der Waals surface area contributed by atoms with Crippen LogP contribution in [0.2, 0.25) is 0 Å². The minimum absolute atomic E-state index is 0.420. The number of hydrogen-bond acceptors (Lipinski definition) is 2. The smallest absolute Gasteiger partial charge is 0.124 e. The number of para-hydroxylation sites is 1. The molecule has 0 saturated heterocycles. The maximum atomic E-state index is 10.1. The summed E-state index contributed by atoms with van der Waals surface area (Å²) < 4.78 is 5.22. The topological polar surface area (TPSA) is 29.5 Å². The number of hydrogen-bond donors (Lipinski definition) is 1. The molecule has 0 spiro atoms. The Morgan fingerprint density at radius 3 is 2.60 bits per heavy atom.